The van der Waals surface area contributed by atoms with E-state index in [9.17, 15) is 31.2 Å². The van der Waals surface area contributed by atoms with E-state index < -0.39 is 34.2 Å². The number of amides is 1. The number of alkyl halides is 3. The third kappa shape index (κ3) is 13.6. The van der Waals surface area contributed by atoms with E-state index in [1.165, 1.54) is 62.8 Å². The topological polar surface area (TPSA) is 89.5 Å². The Balaban J connectivity index is 2.22. The Labute approximate surface area is 200 Å². The van der Waals surface area contributed by atoms with Gasteiger partial charge in [0, 0.05) is 5.56 Å². The van der Waals surface area contributed by atoms with E-state index in [1.54, 1.807) is 0 Å². The summed E-state index contributed by atoms with van der Waals surface area (Å²) in [5, 5.41) is 1.90. The summed E-state index contributed by atoms with van der Waals surface area (Å²) < 4.78 is 66.2. The molecule has 0 saturated heterocycles. The number of carbonyl (C=O) groups is 2. The maximum absolute atomic E-state index is 12.2. The van der Waals surface area contributed by atoms with Crippen LogP contribution in [0.4, 0.5) is 13.2 Å². The molecule has 0 radical (unpaired) electrons. The zero-order chi connectivity index (χ0) is 25.5. The normalized spacial score (nSPS) is 11.9. The molecule has 0 saturated carbocycles. The lowest BCUT2D eigenvalue weighted by Gasteiger charge is -2.09. The Morgan fingerprint density at radius 3 is 1.91 bits per heavy atom. The van der Waals surface area contributed by atoms with Crippen molar-refractivity contribution < 1.29 is 35.9 Å². The molecule has 0 bridgehead atoms. The Morgan fingerprint density at radius 2 is 1.38 bits per heavy atom. The second kappa shape index (κ2) is 15.7. The van der Waals surface area contributed by atoms with Crippen molar-refractivity contribution in [1.29, 1.82) is 0 Å². The summed E-state index contributed by atoms with van der Waals surface area (Å²) in [6, 6.07) is 5.47. The van der Waals surface area contributed by atoms with E-state index in [4.69, 9.17) is 4.74 Å². The summed E-state index contributed by atoms with van der Waals surface area (Å²) in [7, 11) is -3.22. The molecule has 0 spiro atoms. The Bertz CT molecular complexity index is 839. The fourth-order valence-corrected chi connectivity index (χ4v) is 4.45. The number of carbonyl (C=O) groups excluding carboxylic acids is 2. The first kappa shape index (κ1) is 29.9. The molecule has 1 N–H and O–H groups in total. The number of Topliss-reactive ketones (excluding diaryl/α,β-unsaturated/α-hetero) is 1. The van der Waals surface area contributed by atoms with Gasteiger partial charge in [0.25, 0.3) is 11.7 Å². The molecule has 0 aliphatic rings. The summed E-state index contributed by atoms with van der Waals surface area (Å²) in [6.07, 6.45) is 6.28. The minimum Gasteiger partial charge on any atom is -0.493 e. The number of benzene rings is 1. The van der Waals surface area contributed by atoms with Crippen LogP contribution in [0, 0.1) is 0 Å². The average Bonchev–Trinajstić information content (AvgIpc) is 2.78. The van der Waals surface area contributed by atoms with E-state index in [2.05, 4.69) is 6.92 Å². The summed E-state index contributed by atoms with van der Waals surface area (Å²) in [4.78, 5) is 22.6. The van der Waals surface area contributed by atoms with E-state index in [0.29, 0.717) is 12.2 Å². The van der Waals surface area contributed by atoms with Crippen LogP contribution in [0.15, 0.2) is 24.3 Å². The number of rotatable bonds is 18. The summed E-state index contributed by atoms with van der Waals surface area (Å²) in [5.41, 5.74) is 0.0518. The fourth-order valence-electron chi connectivity index (χ4n) is 3.26. The molecule has 1 amide bonds. The van der Waals surface area contributed by atoms with Gasteiger partial charge in [-0.3, -0.25) is 9.59 Å². The number of hydrogen-bond donors (Lipinski definition) is 1. The fraction of sp³-hybridized carbons (Fsp3) is 0.667. The lowest BCUT2D eigenvalue weighted by Crippen LogP contribution is -2.36. The highest BCUT2D eigenvalue weighted by Crippen LogP contribution is 2.16. The van der Waals surface area contributed by atoms with Crippen LogP contribution in [0.1, 0.15) is 81.5 Å². The highest BCUT2D eigenvalue weighted by Gasteiger charge is 2.37. The first-order valence-electron chi connectivity index (χ1n) is 11.9. The molecule has 0 aromatic heterocycles. The van der Waals surface area contributed by atoms with Gasteiger partial charge in [0.15, 0.2) is 9.84 Å². The van der Waals surface area contributed by atoms with Gasteiger partial charge < -0.3 is 10.1 Å². The van der Waals surface area contributed by atoms with Crippen LogP contribution < -0.4 is 10.1 Å². The highest BCUT2D eigenvalue weighted by molar-refractivity contribution is 7.91. The van der Waals surface area contributed by atoms with Gasteiger partial charge in [0.1, 0.15) is 12.4 Å². The molecular weight excluding hydrogens is 471 g/mol. The maximum atomic E-state index is 12.2. The molecule has 1 aromatic rings. The van der Waals surface area contributed by atoms with Crippen molar-refractivity contribution in [2.45, 2.75) is 77.3 Å². The van der Waals surface area contributed by atoms with Gasteiger partial charge in [-0.25, -0.2) is 8.42 Å². The number of unbranched alkanes of at least 4 members (excludes halogenated alkanes) is 9. The summed E-state index contributed by atoms with van der Waals surface area (Å²) in [6.45, 7) is 1.02. The SMILES string of the molecule is CCCCCCCCCCCCS(=O)(=O)CCOc1ccc(C(=O)NCC(=O)C(F)(F)F)cc1. The molecule has 10 heteroatoms. The molecule has 0 aliphatic heterocycles. The Kier molecular flexibility index (Phi) is 13.9. The van der Waals surface area contributed by atoms with Crippen molar-refractivity contribution in [1.82, 2.24) is 5.32 Å². The average molecular weight is 508 g/mol. The molecule has 34 heavy (non-hydrogen) atoms. The van der Waals surface area contributed by atoms with E-state index in [1.807, 2.05) is 5.32 Å². The van der Waals surface area contributed by atoms with Gasteiger partial charge >= 0.3 is 6.18 Å². The molecule has 0 aliphatic carbocycles. The predicted octanol–water partition coefficient (Wildman–Crippen LogP) is 5.26. The zero-order valence-corrected chi connectivity index (χ0v) is 20.6. The molecule has 0 fully saturated rings. The van der Waals surface area contributed by atoms with Crippen LogP contribution in [0.5, 0.6) is 5.75 Å². The lowest BCUT2D eigenvalue weighted by atomic mass is 10.1. The van der Waals surface area contributed by atoms with Crippen LogP contribution in [0.2, 0.25) is 0 Å². The predicted molar refractivity (Wildman–Crippen MR) is 126 cm³/mol. The van der Waals surface area contributed by atoms with Crippen molar-refractivity contribution in [3.05, 3.63) is 29.8 Å². The lowest BCUT2D eigenvalue weighted by molar-refractivity contribution is -0.169. The van der Waals surface area contributed by atoms with Crippen LogP contribution in [-0.4, -0.2) is 50.9 Å². The molecule has 6 nitrogen and oxygen atoms in total. The smallest absolute Gasteiger partial charge is 0.451 e. The van der Waals surface area contributed by atoms with E-state index in [-0.39, 0.29) is 23.7 Å². The van der Waals surface area contributed by atoms with Gasteiger partial charge in [-0.1, -0.05) is 64.7 Å². The van der Waals surface area contributed by atoms with Crippen molar-refractivity contribution >= 4 is 21.5 Å². The minimum atomic E-state index is -5.00. The van der Waals surface area contributed by atoms with Crippen molar-refractivity contribution in [3.63, 3.8) is 0 Å². The van der Waals surface area contributed by atoms with Crippen LogP contribution >= 0.6 is 0 Å². The minimum absolute atomic E-state index is 0.0360. The van der Waals surface area contributed by atoms with Crippen LogP contribution in [0.3, 0.4) is 0 Å². The van der Waals surface area contributed by atoms with Gasteiger partial charge in [-0.05, 0) is 30.7 Å². The number of sulfone groups is 1. The molecule has 0 heterocycles. The Morgan fingerprint density at radius 1 is 0.853 bits per heavy atom. The number of halogens is 3. The number of ketones is 1. The highest BCUT2D eigenvalue weighted by atomic mass is 32.2. The van der Waals surface area contributed by atoms with Crippen molar-refractivity contribution in [2.75, 3.05) is 24.7 Å². The van der Waals surface area contributed by atoms with Gasteiger partial charge in [-0.2, -0.15) is 13.2 Å². The standard InChI is InChI=1S/C24H36F3NO5S/c1-2-3-4-5-6-7-8-9-10-11-17-34(31,32)18-16-33-21-14-12-20(13-15-21)23(30)28-19-22(29)24(25,26)27/h12-15H,2-11,16-19H2,1H3,(H,28,30). The molecular formula is C24H36F3NO5S. The van der Waals surface area contributed by atoms with Gasteiger partial charge in [-0.15, -0.1) is 0 Å². The molecule has 0 atom stereocenters. The zero-order valence-electron chi connectivity index (χ0n) is 19.8. The summed E-state index contributed by atoms with van der Waals surface area (Å²) in [5.74, 6) is -2.53. The molecule has 0 unspecified atom stereocenters. The summed E-state index contributed by atoms with van der Waals surface area (Å²) >= 11 is 0. The number of ether oxygens (including phenoxy) is 1. The van der Waals surface area contributed by atoms with Crippen molar-refractivity contribution in [2.24, 2.45) is 0 Å². The molecule has 1 rings (SSSR count). The molecule has 194 valence electrons. The van der Waals surface area contributed by atoms with E-state index in [0.717, 1.165) is 19.3 Å². The van der Waals surface area contributed by atoms with Gasteiger partial charge in [0.05, 0.1) is 18.1 Å². The second-order valence-corrected chi connectivity index (χ2v) is 10.6. The monoisotopic (exact) mass is 507 g/mol. The maximum Gasteiger partial charge on any atom is 0.451 e. The first-order chi connectivity index (χ1) is 16.0. The van der Waals surface area contributed by atoms with Gasteiger partial charge in [0.2, 0.25) is 0 Å². The first-order valence-corrected chi connectivity index (χ1v) is 13.7. The third-order valence-electron chi connectivity index (χ3n) is 5.31. The quantitative estimate of drug-likeness (QED) is 0.274. The van der Waals surface area contributed by atoms with E-state index >= 15 is 0 Å². The van der Waals surface area contributed by atoms with Crippen LogP contribution in [-0.2, 0) is 14.6 Å². The third-order valence-corrected chi connectivity index (χ3v) is 7.01. The number of nitrogens with one attached hydrogen (secondary N) is 1. The molecule has 1 aromatic carbocycles. The van der Waals surface area contributed by atoms with Crippen molar-refractivity contribution in [3.8, 4) is 5.75 Å². The second-order valence-electron chi connectivity index (χ2n) is 8.31. The van der Waals surface area contributed by atoms with Crippen LogP contribution in [0.25, 0.3) is 0 Å². The largest absolute Gasteiger partial charge is 0.493 e. The number of hydrogen-bond acceptors (Lipinski definition) is 5. The Hall–Kier alpha value is -2.10.